The van der Waals surface area contributed by atoms with Gasteiger partial charge in [0.1, 0.15) is 0 Å². The first kappa shape index (κ1) is 34.7. The van der Waals surface area contributed by atoms with Gasteiger partial charge in [-0.25, -0.2) is 0 Å². The van der Waals surface area contributed by atoms with Crippen LogP contribution in [0.5, 0.6) is 0 Å². The number of allylic oxidation sites excluding steroid dienone is 1. The number of nitrogens with zero attached hydrogens (tertiary/aromatic N) is 6. The fourth-order valence-electron chi connectivity index (χ4n) is 6.89. The van der Waals surface area contributed by atoms with Crippen molar-refractivity contribution in [1.29, 1.82) is 0 Å². The molecule has 0 aliphatic carbocycles. The number of hydrogen-bond acceptors (Lipinski definition) is 8. The van der Waals surface area contributed by atoms with Crippen molar-refractivity contribution in [2.24, 2.45) is 5.92 Å². The predicted molar refractivity (Wildman–Crippen MR) is 188 cm³/mol. The third-order valence-corrected chi connectivity index (χ3v) is 9.78. The molecule has 0 radical (unpaired) electrons. The molecule has 2 amide bonds. The molecule has 2 aliphatic rings. The van der Waals surface area contributed by atoms with E-state index in [2.05, 4.69) is 10.3 Å². The molecule has 6 rings (SSSR count). The largest absolute Gasteiger partial charge is 0.395 e. The highest BCUT2D eigenvalue weighted by Crippen LogP contribution is 2.47. The average molecular weight is 679 g/mol. The summed E-state index contributed by atoms with van der Waals surface area (Å²) in [5, 5.41) is 42.2. The number of anilines is 2. The fourth-order valence-corrected chi connectivity index (χ4v) is 6.89. The Kier molecular flexibility index (Phi) is 10.5. The first-order chi connectivity index (χ1) is 24.2. The quantitative estimate of drug-likeness (QED) is 0.111. The Morgan fingerprint density at radius 1 is 1.02 bits per heavy atom. The van der Waals surface area contributed by atoms with Gasteiger partial charge in [-0.2, -0.15) is 0 Å². The molecule has 2 aliphatic heterocycles. The normalized spacial score (nSPS) is 19.3. The van der Waals surface area contributed by atoms with E-state index in [1.54, 1.807) is 23.9 Å². The Bertz CT molecular complexity index is 1860. The molecule has 1 fully saturated rings. The number of rotatable bonds is 12. The molecule has 12 nitrogen and oxygen atoms in total. The number of nitro benzene ring substituents is 1. The lowest BCUT2D eigenvalue weighted by Gasteiger charge is -2.28. The zero-order valence-corrected chi connectivity index (χ0v) is 28.1. The van der Waals surface area contributed by atoms with Crippen LogP contribution < -0.4 is 9.80 Å². The first-order valence-corrected chi connectivity index (χ1v) is 17.2. The molecule has 1 aromatic heterocycles. The Balaban J connectivity index is 1.17. The number of aromatic nitrogens is 3. The van der Waals surface area contributed by atoms with Crippen molar-refractivity contribution in [2.45, 2.75) is 70.1 Å². The second kappa shape index (κ2) is 15.1. The lowest BCUT2D eigenvalue weighted by Crippen LogP contribution is -2.44. The van der Waals surface area contributed by atoms with Gasteiger partial charge in [0.25, 0.3) is 11.6 Å². The molecule has 4 aromatic rings. The summed E-state index contributed by atoms with van der Waals surface area (Å²) in [5.41, 5.74) is 1.56. The Hall–Kier alpha value is -5.20. The number of carbonyl (C=O) groups is 2. The van der Waals surface area contributed by atoms with Gasteiger partial charge in [-0.15, -0.1) is 5.10 Å². The lowest BCUT2D eigenvalue weighted by atomic mass is 9.82. The highest BCUT2D eigenvalue weighted by Gasteiger charge is 2.53. The van der Waals surface area contributed by atoms with Crippen LogP contribution in [0.25, 0.3) is 0 Å². The Labute approximate surface area is 290 Å². The second-order valence-corrected chi connectivity index (χ2v) is 13.1. The number of aliphatic hydroxyl groups excluding tert-OH is 1. The van der Waals surface area contributed by atoms with E-state index in [4.69, 9.17) is 0 Å². The van der Waals surface area contributed by atoms with Crippen LogP contribution >= 0.6 is 0 Å². The number of aliphatic hydroxyl groups is 2. The zero-order valence-electron chi connectivity index (χ0n) is 28.1. The number of carbonyl (C=O) groups excluding carboxylic acids is 2. The maximum absolute atomic E-state index is 14.1. The number of non-ortho nitro benzene ring substituents is 1. The zero-order chi connectivity index (χ0) is 35.3. The van der Waals surface area contributed by atoms with E-state index in [1.807, 2.05) is 65.6 Å². The summed E-state index contributed by atoms with van der Waals surface area (Å²) in [6.45, 7) is 2.90. The second-order valence-electron chi connectivity index (χ2n) is 13.1. The highest BCUT2D eigenvalue weighted by atomic mass is 16.6. The van der Waals surface area contributed by atoms with E-state index in [-0.39, 0.29) is 36.2 Å². The molecule has 1 unspecified atom stereocenters. The molecule has 0 bridgehead atoms. The van der Waals surface area contributed by atoms with Crippen LogP contribution in [0.4, 0.5) is 17.1 Å². The highest BCUT2D eigenvalue weighted by molar-refractivity contribution is 6.07. The van der Waals surface area contributed by atoms with Crippen molar-refractivity contribution in [3.05, 3.63) is 124 Å². The van der Waals surface area contributed by atoms with Crippen molar-refractivity contribution >= 4 is 28.9 Å². The number of amides is 2. The van der Waals surface area contributed by atoms with Gasteiger partial charge in [-0.3, -0.25) is 24.4 Å². The van der Waals surface area contributed by atoms with Crippen molar-refractivity contribution in [3.8, 4) is 0 Å². The minimum Gasteiger partial charge on any atom is -0.395 e. The first-order valence-electron chi connectivity index (χ1n) is 17.2. The molecule has 12 heteroatoms. The summed E-state index contributed by atoms with van der Waals surface area (Å²) in [6.07, 6.45) is 10.4. The molecule has 3 aromatic carbocycles. The van der Waals surface area contributed by atoms with Crippen LogP contribution in [0, 0.1) is 16.0 Å². The predicted octanol–water partition coefficient (Wildman–Crippen LogP) is 5.62. The standard InChI is InChI=1S/C38H42N6O6/c1-27(11-8-10-21-41-25-34(39-40-41)32(26-45)29-12-5-4-6-13-29)38(48)33-23-31(44(49)50)19-20-35(33)43(37(38)47)24-28-15-17-30(18-16-28)42-22-9-3-2-7-14-36(42)46/h4-6,8,11-13,15-20,23,25,27,32,45,48H,2-3,7,9-10,14,21-22,24,26H2,1H3/b11-8+/t27-,32?,38+/m0/s1. The van der Waals surface area contributed by atoms with E-state index in [0.717, 1.165) is 42.5 Å². The van der Waals surface area contributed by atoms with Gasteiger partial charge < -0.3 is 20.0 Å². The maximum Gasteiger partial charge on any atom is 0.269 e. The summed E-state index contributed by atoms with van der Waals surface area (Å²) in [4.78, 5) is 41.3. The van der Waals surface area contributed by atoms with E-state index >= 15 is 0 Å². The van der Waals surface area contributed by atoms with Crippen LogP contribution in [0.1, 0.15) is 73.8 Å². The van der Waals surface area contributed by atoms with Gasteiger partial charge >= 0.3 is 0 Å². The van der Waals surface area contributed by atoms with Crippen LogP contribution in [0.15, 0.2) is 91.1 Å². The maximum atomic E-state index is 14.1. The van der Waals surface area contributed by atoms with Crippen molar-refractivity contribution in [3.63, 3.8) is 0 Å². The summed E-state index contributed by atoms with van der Waals surface area (Å²) < 4.78 is 1.68. The van der Waals surface area contributed by atoms with E-state index in [0.29, 0.717) is 37.3 Å². The SMILES string of the molecule is C[C@@H](/C=C/CCn1cc(C(CO)c2ccccc2)nn1)[C@]1(O)C(=O)N(Cc2ccc(N3CCCCCCC3=O)cc2)c2ccc([N+](=O)[O-])cc21. The molecule has 3 atom stereocenters. The van der Waals surface area contributed by atoms with Crippen LogP contribution in [0.2, 0.25) is 0 Å². The molecular weight excluding hydrogens is 636 g/mol. The minimum atomic E-state index is -2.03. The van der Waals surface area contributed by atoms with Gasteiger partial charge in [-0.05, 0) is 48.6 Å². The number of benzene rings is 3. The monoisotopic (exact) mass is 678 g/mol. The van der Waals surface area contributed by atoms with Crippen molar-refractivity contribution in [1.82, 2.24) is 15.0 Å². The molecule has 1 saturated heterocycles. The molecule has 2 N–H and O–H groups in total. The van der Waals surface area contributed by atoms with Crippen LogP contribution in [0.3, 0.4) is 0 Å². The van der Waals surface area contributed by atoms with Gasteiger partial charge in [0.15, 0.2) is 5.60 Å². The van der Waals surface area contributed by atoms with E-state index < -0.39 is 22.3 Å². The van der Waals surface area contributed by atoms with Gasteiger partial charge in [0.05, 0.1) is 35.4 Å². The third kappa shape index (κ3) is 7.08. The average Bonchev–Trinajstić information content (AvgIpc) is 3.67. The van der Waals surface area contributed by atoms with E-state index in [9.17, 15) is 29.9 Å². The molecular formula is C38H42N6O6. The minimum absolute atomic E-state index is 0.103. The molecule has 0 saturated carbocycles. The molecule has 3 heterocycles. The molecule has 50 heavy (non-hydrogen) atoms. The van der Waals surface area contributed by atoms with Gasteiger partial charge in [0.2, 0.25) is 5.91 Å². The fraction of sp³-hybridized carbons (Fsp3) is 0.368. The van der Waals surface area contributed by atoms with Gasteiger partial charge in [0, 0.05) is 55.0 Å². The summed E-state index contributed by atoms with van der Waals surface area (Å²) in [6, 6.07) is 21.3. The number of hydrogen-bond donors (Lipinski definition) is 2. The molecule has 0 spiro atoms. The number of nitro groups is 1. The number of aryl methyl sites for hydroxylation is 1. The Morgan fingerprint density at radius 3 is 2.52 bits per heavy atom. The van der Waals surface area contributed by atoms with Gasteiger partial charge in [-0.1, -0.05) is 79.6 Å². The third-order valence-electron chi connectivity index (χ3n) is 9.78. The van der Waals surface area contributed by atoms with Crippen molar-refractivity contribution in [2.75, 3.05) is 23.0 Å². The summed E-state index contributed by atoms with van der Waals surface area (Å²) >= 11 is 0. The smallest absolute Gasteiger partial charge is 0.269 e. The Morgan fingerprint density at radius 2 is 1.78 bits per heavy atom. The van der Waals surface area contributed by atoms with Crippen molar-refractivity contribution < 1.29 is 24.7 Å². The summed E-state index contributed by atoms with van der Waals surface area (Å²) in [7, 11) is 0. The molecule has 260 valence electrons. The lowest BCUT2D eigenvalue weighted by molar-refractivity contribution is -0.385. The van der Waals surface area contributed by atoms with Crippen LogP contribution in [-0.2, 0) is 28.3 Å². The topological polar surface area (TPSA) is 155 Å². The summed E-state index contributed by atoms with van der Waals surface area (Å²) in [5.74, 6) is -1.46. The number of fused-ring (bicyclic) bond motifs is 1. The van der Waals surface area contributed by atoms with E-state index in [1.165, 1.54) is 23.1 Å². The van der Waals surface area contributed by atoms with Crippen LogP contribution in [-0.4, -0.2) is 55.1 Å².